The Morgan fingerprint density at radius 3 is 2.85 bits per heavy atom. The Hall–Kier alpha value is -3.29. The fraction of sp³-hybridized carbons (Fsp3) is 0.261. The molecule has 0 radical (unpaired) electrons. The lowest BCUT2D eigenvalue weighted by molar-refractivity contribution is -0.113. The van der Waals surface area contributed by atoms with E-state index >= 15 is 0 Å². The van der Waals surface area contributed by atoms with Crippen molar-refractivity contribution in [3.63, 3.8) is 0 Å². The first-order chi connectivity index (χ1) is 16.1. The average molecular weight is 479 g/mol. The Labute approximate surface area is 197 Å². The van der Waals surface area contributed by atoms with Crippen LogP contribution in [0.4, 0.5) is 9.39 Å². The molecule has 0 aliphatic heterocycles. The molecule has 166 valence electrons. The molecule has 4 aromatic rings. The molecule has 0 fully saturated rings. The van der Waals surface area contributed by atoms with E-state index in [4.69, 9.17) is 0 Å². The fourth-order valence-electron chi connectivity index (χ4n) is 3.95. The van der Waals surface area contributed by atoms with Crippen molar-refractivity contribution in [1.29, 1.82) is 5.26 Å². The molecule has 0 spiro atoms. The van der Waals surface area contributed by atoms with E-state index in [1.165, 1.54) is 52.9 Å². The minimum atomic E-state index is -0.325. The molecule has 1 aliphatic carbocycles. The van der Waals surface area contributed by atoms with Crippen molar-refractivity contribution in [3.05, 3.63) is 58.6 Å². The van der Waals surface area contributed by atoms with Gasteiger partial charge < -0.3 is 5.32 Å². The van der Waals surface area contributed by atoms with Crippen LogP contribution >= 0.6 is 23.1 Å². The topological polar surface area (TPSA) is 96.5 Å². The summed E-state index contributed by atoms with van der Waals surface area (Å²) in [7, 11) is 0. The number of rotatable bonds is 5. The molecule has 0 bridgehead atoms. The summed E-state index contributed by atoms with van der Waals surface area (Å²) in [4.78, 5) is 22.5. The van der Waals surface area contributed by atoms with Crippen LogP contribution in [-0.2, 0) is 17.6 Å². The molecule has 5 rings (SSSR count). The van der Waals surface area contributed by atoms with E-state index in [0.29, 0.717) is 32.3 Å². The van der Waals surface area contributed by atoms with Gasteiger partial charge in [-0.3, -0.25) is 4.79 Å². The molecule has 1 amide bonds. The quantitative estimate of drug-likeness (QED) is 0.249. The fourth-order valence-corrected chi connectivity index (χ4v) is 5.97. The molecule has 33 heavy (non-hydrogen) atoms. The molecule has 0 unspecified atom stereocenters. The van der Waals surface area contributed by atoms with E-state index in [0.717, 1.165) is 31.2 Å². The minimum Gasteiger partial charge on any atom is -0.316 e. The SMILES string of the molecule is N#Cc1c(NC(=O)CSc2ncnc3c2cnn3-c2ccc(F)cc2)sc2c1CCCCC2. The van der Waals surface area contributed by atoms with Crippen molar-refractivity contribution in [2.45, 2.75) is 37.1 Å². The average Bonchev–Trinajstić information content (AvgIpc) is 3.31. The summed E-state index contributed by atoms with van der Waals surface area (Å²) in [5.74, 6) is -0.374. The second-order valence-electron chi connectivity index (χ2n) is 7.67. The number of thioether (sulfide) groups is 1. The maximum atomic E-state index is 13.3. The molecular weight excluding hydrogens is 459 g/mol. The zero-order valence-electron chi connectivity index (χ0n) is 17.5. The summed E-state index contributed by atoms with van der Waals surface area (Å²) in [5, 5.41) is 18.9. The molecule has 1 aliphatic rings. The molecule has 3 heterocycles. The lowest BCUT2D eigenvalue weighted by atomic mass is 10.1. The maximum absolute atomic E-state index is 13.3. The third-order valence-corrected chi connectivity index (χ3v) is 7.74. The largest absolute Gasteiger partial charge is 0.316 e. The molecule has 7 nitrogen and oxygen atoms in total. The van der Waals surface area contributed by atoms with Crippen LogP contribution in [0.15, 0.2) is 41.8 Å². The number of benzene rings is 1. The predicted molar refractivity (Wildman–Crippen MR) is 126 cm³/mol. The number of aryl methyl sites for hydroxylation is 1. The summed E-state index contributed by atoms with van der Waals surface area (Å²) in [6.45, 7) is 0. The van der Waals surface area contributed by atoms with Gasteiger partial charge in [-0.05, 0) is 55.5 Å². The van der Waals surface area contributed by atoms with Gasteiger partial charge in [0.15, 0.2) is 5.65 Å². The highest BCUT2D eigenvalue weighted by molar-refractivity contribution is 8.00. The van der Waals surface area contributed by atoms with Crippen molar-refractivity contribution in [2.24, 2.45) is 0 Å². The van der Waals surface area contributed by atoms with Crippen LogP contribution in [-0.4, -0.2) is 31.4 Å². The van der Waals surface area contributed by atoms with Crippen molar-refractivity contribution in [2.75, 3.05) is 11.1 Å². The van der Waals surface area contributed by atoms with Crippen LogP contribution in [0.5, 0.6) is 0 Å². The number of amides is 1. The number of anilines is 1. The van der Waals surface area contributed by atoms with Gasteiger partial charge in [0.25, 0.3) is 0 Å². The van der Waals surface area contributed by atoms with E-state index in [2.05, 4.69) is 26.5 Å². The van der Waals surface area contributed by atoms with Crippen molar-refractivity contribution in [3.8, 4) is 11.8 Å². The van der Waals surface area contributed by atoms with Gasteiger partial charge in [-0.15, -0.1) is 11.3 Å². The van der Waals surface area contributed by atoms with E-state index in [-0.39, 0.29) is 17.5 Å². The van der Waals surface area contributed by atoms with Gasteiger partial charge in [-0.2, -0.15) is 10.4 Å². The number of fused-ring (bicyclic) bond motifs is 2. The first kappa shape index (κ1) is 21.6. The van der Waals surface area contributed by atoms with Crippen LogP contribution in [0, 0.1) is 17.1 Å². The normalized spacial score (nSPS) is 13.3. The Bertz CT molecular complexity index is 1370. The molecule has 10 heteroatoms. The minimum absolute atomic E-state index is 0.140. The number of hydrogen-bond acceptors (Lipinski definition) is 7. The van der Waals surface area contributed by atoms with Crippen LogP contribution in [0.1, 0.15) is 35.3 Å². The van der Waals surface area contributed by atoms with Gasteiger partial charge in [0.1, 0.15) is 28.2 Å². The molecular formula is C23H19FN6OS2. The molecule has 0 saturated heterocycles. The molecule has 0 atom stereocenters. The number of nitrogens with one attached hydrogen (secondary N) is 1. The first-order valence-electron chi connectivity index (χ1n) is 10.6. The van der Waals surface area contributed by atoms with Gasteiger partial charge in [0.05, 0.1) is 28.6 Å². The van der Waals surface area contributed by atoms with Gasteiger partial charge in [-0.1, -0.05) is 18.2 Å². The summed E-state index contributed by atoms with van der Waals surface area (Å²) in [6, 6.07) is 8.27. The van der Waals surface area contributed by atoms with E-state index in [1.54, 1.807) is 23.0 Å². The number of nitrogens with zero attached hydrogens (tertiary/aromatic N) is 5. The second-order valence-corrected chi connectivity index (χ2v) is 9.74. The Balaban J connectivity index is 1.32. The Kier molecular flexibility index (Phi) is 6.07. The van der Waals surface area contributed by atoms with Gasteiger partial charge in [-0.25, -0.2) is 19.0 Å². The standard InChI is InChI=1S/C23H19FN6OS2/c24-14-6-8-15(9-7-14)30-21-18(11-28-30)22(27-13-26-21)32-12-20(31)29-23-17(10-25)16-4-2-1-3-5-19(16)33-23/h6-9,11,13H,1-5,12H2,(H,29,31). The second kappa shape index (κ2) is 9.29. The number of halogens is 1. The van der Waals surface area contributed by atoms with Crippen molar-refractivity contribution < 1.29 is 9.18 Å². The highest BCUT2D eigenvalue weighted by Crippen LogP contribution is 2.37. The monoisotopic (exact) mass is 478 g/mol. The molecule has 3 aromatic heterocycles. The Morgan fingerprint density at radius 1 is 1.21 bits per heavy atom. The van der Waals surface area contributed by atoms with Crippen LogP contribution in [0.25, 0.3) is 16.7 Å². The summed E-state index contributed by atoms with van der Waals surface area (Å²) in [5.41, 5.74) is 2.97. The van der Waals surface area contributed by atoms with E-state index in [1.807, 2.05) is 0 Å². The zero-order chi connectivity index (χ0) is 22.8. The lowest BCUT2D eigenvalue weighted by Crippen LogP contribution is -2.14. The van der Waals surface area contributed by atoms with E-state index < -0.39 is 0 Å². The van der Waals surface area contributed by atoms with Crippen LogP contribution in [0.2, 0.25) is 0 Å². The maximum Gasteiger partial charge on any atom is 0.235 e. The summed E-state index contributed by atoms with van der Waals surface area (Å²) < 4.78 is 14.9. The molecule has 1 N–H and O–H groups in total. The lowest BCUT2D eigenvalue weighted by Gasteiger charge is -2.05. The van der Waals surface area contributed by atoms with Crippen LogP contribution in [0.3, 0.4) is 0 Å². The number of thiophene rings is 1. The summed E-state index contributed by atoms with van der Waals surface area (Å²) in [6.07, 6.45) is 8.31. The third-order valence-electron chi connectivity index (χ3n) is 5.53. The van der Waals surface area contributed by atoms with Crippen molar-refractivity contribution in [1.82, 2.24) is 19.7 Å². The number of aromatic nitrogens is 4. The molecule has 0 saturated carbocycles. The third kappa shape index (κ3) is 4.34. The smallest absolute Gasteiger partial charge is 0.235 e. The number of carbonyl (C=O) groups is 1. The van der Waals surface area contributed by atoms with Crippen molar-refractivity contribution >= 4 is 45.0 Å². The number of nitriles is 1. The zero-order valence-corrected chi connectivity index (χ0v) is 19.2. The van der Waals surface area contributed by atoms with E-state index in [9.17, 15) is 14.4 Å². The number of hydrogen-bond donors (Lipinski definition) is 1. The number of carbonyl (C=O) groups excluding carboxylic acids is 1. The van der Waals surface area contributed by atoms with Crippen LogP contribution < -0.4 is 5.32 Å². The molecule has 1 aromatic carbocycles. The first-order valence-corrected chi connectivity index (χ1v) is 12.4. The van der Waals surface area contributed by atoms with Gasteiger partial charge >= 0.3 is 0 Å². The predicted octanol–water partition coefficient (Wildman–Crippen LogP) is 4.89. The Morgan fingerprint density at radius 2 is 2.03 bits per heavy atom. The van der Waals surface area contributed by atoms with Gasteiger partial charge in [0.2, 0.25) is 5.91 Å². The highest BCUT2D eigenvalue weighted by Gasteiger charge is 2.21. The van der Waals surface area contributed by atoms with Gasteiger partial charge in [0, 0.05) is 4.88 Å². The summed E-state index contributed by atoms with van der Waals surface area (Å²) >= 11 is 2.81. The highest BCUT2D eigenvalue weighted by atomic mass is 32.2.